The number of nitrogens with one attached hydrogen (secondary N) is 1. The summed E-state index contributed by atoms with van der Waals surface area (Å²) >= 11 is 1.92. The van der Waals surface area contributed by atoms with E-state index in [-0.39, 0.29) is 5.56 Å². The molecule has 3 nitrogen and oxygen atoms in total. The molecule has 0 amide bonds. The summed E-state index contributed by atoms with van der Waals surface area (Å²) < 4.78 is 0. The first kappa shape index (κ1) is 11.7. The lowest BCUT2D eigenvalue weighted by Crippen LogP contribution is -2.19. The number of nitrogens with zero attached hydrogens (tertiary/aromatic N) is 1. The first-order valence-electron chi connectivity index (χ1n) is 5.93. The quantitative estimate of drug-likeness (QED) is 0.861. The van der Waals surface area contributed by atoms with Crippen LogP contribution < -0.4 is 5.56 Å². The van der Waals surface area contributed by atoms with E-state index in [1.165, 1.54) is 18.6 Å². The monoisotopic (exact) mass is 238 g/mol. The number of rotatable bonds is 2. The summed E-state index contributed by atoms with van der Waals surface area (Å²) in [7, 11) is 0. The molecule has 0 aromatic carbocycles. The Morgan fingerprint density at radius 1 is 1.50 bits per heavy atom. The van der Waals surface area contributed by atoms with Crippen molar-refractivity contribution in [3.05, 3.63) is 27.4 Å². The maximum atomic E-state index is 11.8. The number of hydrogen-bond donors (Lipinski definition) is 1. The summed E-state index contributed by atoms with van der Waals surface area (Å²) in [5, 5.41) is 0.396. The number of aromatic amines is 1. The summed E-state index contributed by atoms with van der Waals surface area (Å²) in [6.07, 6.45) is 4.51. The van der Waals surface area contributed by atoms with Crippen molar-refractivity contribution in [2.24, 2.45) is 0 Å². The van der Waals surface area contributed by atoms with Crippen LogP contribution in [0.1, 0.15) is 48.5 Å². The molecule has 2 rings (SSSR count). The van der Waals surface area contributed by atoms with Crippen LogP contribution in [-0.2, 0) is 6.42 Å². The predicted molar refractivity (Wildman–Crippen MR) is 68.0 cm³/mol. The van der Waals surface area contributed by atoms with Gasteiger partial charge < -0.3 is 4.98 Å². The fourth-order valence-electron chi connectivity index (χ4n) is 2.05. The van der Waals surface area contributed by atoms with E-state index < -0.39 is 0 Å². The van der Waals surface area contributed by atoms with Gasteiger partial charge in [-0.1, -0.05) is 13.3 Å². The molecule has 2 heterocycles. The zero-order chi connectivity index (χ0) is 11.5. The van der Waals surface area contributed by atoms with E-state index in [9.17, 15) is 4.79 Å². The second kappa shape index (κ2) is 5.04. The lowest BCUT2D eigenvalue weighted by molar-refractivity contribution is 0.655. The number of aromatic nitrogens is 2. The van der Waals surface area contributed by atoms with E-state index in [2.05, 4.69) is 9.97 Å². The average molecular weight is 238 g/mol. The molecule has 0 saturated carbocycles. The van der Waals surface area contributed by atoms with E-state index in [1.54, 1.807) is 0 Å². The van der Waals surface area contributed by atoms with Crippen LogP contribution >= 0.6 is 11.8 Å². The minimum atomic E-state index is 0.0352. The Morgan fingerprint density at radius 2 is 2.31 bits per heavy atom. The van der Waals surface area contributed by atoms with Crippen LogP contribution in [0, 0.1) is 6.92 Å². The molecule has 0 radical (unpaired) electrons. The van der Waals surface area contributed by atoms with Gasteiger partial charge in [0.15, 0.2) is 0 Å². The molecule has 88 valence electrons. The van der Waals surface area contributed by atoms with Gasteiger partial charge >= 0.3 is 0 Å². The van der Waals surface area contributed by atoms with Crippen molar-refractivity contribution < 1.29 is 0 Å². The highest BCUT2D eigenvalue weighted by Gasteiger charge is 2.19. The van der Waals surface area contributed by atoms with Crippen molar-refractivity contribution in [1.82, 2.24) is 9.97 Å². The standard InChI is InChI=1S/C12H18N2OS/c1-3-9-8(2)12(15)14-11(13-9)10-6-4-5-7-16-10/h10H,3-7H2,1-2H3,(H,13,14,15). The molecule has 0 aliphatic carbocycles. The predicted octanol–water partition coefficient (Wildman–Crippen LogP) is 2.60. The van der Waals surface area contributed by atoms with E-state index in [4.69, 9.17) is 0 Å². The Bertz CT molecular complexity index is 422. The molecule has 0 bridgehead atoms. The molecule has 1 aromatic rings. The van der Waals surface area contributed by atoms with Crippen LogP contribution in [-0.4, -0.2) is 15.7 Å². The van der Waals surface area contributed by atoms with E-state index in [0.717, 1.165) is 29.9 Å². The molecule has 1 aromatic heterocycles. The maximum Gasteiger partial charge on any atom is 0.254 e. The summed E-state index contributed by atoms with van der Waals surface area (Å²) in [6, 6.07) is 0. The third kappa shape index (κ3) is 2.32. The largest absolute Gasteiger partial charge is 0.309 e. The molecule has 1 atom stereocenters. The van der Waals surface area contributed by atoms with Gasteiger partial charge in [0.25, 0.3) is 5.56 Å². The lowest BCUT2D eigenvalue weighted by Gasteiger charge is -2.20. The van der Waals surface area contributed by atoms with Gasteiger partial charge in [-0.2, -0.15) is 11.8 Å². The van der Waals surface area contributed by atoms with Crippen molar-refractivity contribution in [1.29, 1.82) is 0 Å². The molecule has 1 unspecified atom stereocenters. The number of H-pyrrole nitrogens is 1. The van der Waals surface area contributed by atoms with E-state index in [0.29, 0.717) is 5.25 Å². The van der Waals surface area contributed by atoms with Crippen LogP contribution in [0.2, 0.25) is 0 Å². The normalized spacial score (nSPS) is 21.0. The first-order valence-corrected chi connectivity index (χ1v) is 6.98. The van der Waals surface area contributed by atoms with Crippen LogP contribution in [0.3, 0.4) is 0 Å². The summed E-state index contributed by atoms with van der Waals surface area (Å²) in [5.41, 5.74) is 1.75. The average Bonchev–Trinajstić information content (AvgIpc) is 2.33. The highest BCUT2D eigenvalue weighted by molar-refractivity contribution is 7.99. The minimum absolute atomic E-state index is 0.0352. The number of hydrogen-bond acceptors (Lipinski definition) is 3. The van der Waals surface area contributed by atoms with Crippen molar-refractivity contribution in [3.63, 3.8) is 0 Å². The van der Waals surface area contributed by atoms with Crippen molar-refractivity contribution >= 4 is 11.8 Å². The van der Waals surface area contributed by atoms with E-state index >= 15 is 0 Å². The molecule has 4 heteroatoms. The van der Waals surface area contributed by atoms with Crippen molar-refractivity contribution in [2.75, 3.05) is 5.75 Å². The zero-order valence-electron chi connectivity index (χ0n) is 9.88. The maximum absolute atomic E-state index is 11.8. The molecule has 0 spiro atoms. The van der Waals surface area contributed by atoms with Crippen LogP contribution in [0.15, 0.2) is 4.79 Å². The van der Waals surface area contributed by atoms with Gasteiger partial charge in [-0.25, -0.2) is 4.98 Å². The Balaban J connectivity index is 2.33. The van der Waals surface area contributed by atoms with Gasteiger partial charge in [-0.15, -0.1) is 0 Å². The van der Waals surface area contributed by atoms with E-state index in [1.807, 2.05) is 25.6 Å². The molecule has 1 aliphatic heterocycles. The number of thioether (sulfide) groups is 1. The fraction of sp³-hybridized carbons (Fsp3) is 0.667. The molecule has 1 aliphatic rings. The molecular formula is C12H18N2OS. The second-order valence-electron chi connectivity index (χ2n) is 4.23. The van der Waals surface area contributed by atoms with Gasteiger partial charge in [0.2, 0.25) is 0 Å². The SMILES string of the molecule is CCc1nc(C2CCCCS2)[nH]c(=O)c1C. The number of aryl methyl sites for hydroxylation is 1. The van der Waals surface area contributed by atoms with Gasteiger partial charge in [-0.05, 0) is 31.9 Å². The summed E-state index contributed by atoms with van der Waals surface area (Å²) in [6.45, 7) is 3.90. The van der Waals surface area contributed by atoms with Crippen LogP contribution in [0.4, 0.5) is 0 Å². The van der Waals surface area contributed by atoms with Crippen molar-refractivity contribution in [2.45, 2.75) is 44.8 Å². The third-order valence-corrected chi connectivity index (χ3v) is 4.48. The van der Waals surface area contributed by atoms with Gasteiger partial charge in [0.1, 0.15) is 5.82 Å². The van der Waals surface area contributed by atoms with Gasteiger partial charge in [-0.3, -0.25) is 4.79 Å². The summed E-state index contributed by atoms with van der Waals surface area (Å²) in [5.74, 6) is 2.07. The highest BCUT2D eigenvalue weighted by Crippen LogP contribution is 2.36. The topological polar surface area (TPSA) is 45.8 Å². The second-order valence-corrected chi connectivity index (χ2v) is 5.54. The molecular weight excluding hydrogens is 220 g/mol. The van der Waals surface area contributed by atoms with Crippen LogP contribution in [0.5, 0.6) is 0 Å². The lowest BCUT2D eigenvalue weighted by atomic mass is 10.1. The molecule has 1 fully saturated rings. The molecule has 1 saturated heterocycles. The highest BCUT2D eigenvalue weighted by atomic mass is 32.2. The zero-order valence-corrected chi connectivity index (χ0v) is 10.7. The third-order valence-electron chi connectivity index (χ3n) is 3.09. The van der Waals surface area contributed by atoms with Crippen molar-refractivity contribution in [3.8, 4) is 0 Å². The summed E-state index contributed by atoms with van der Waals surface area (Å²) in [4.78, 5) is 19.3. The Hall–Kier alpha value is -0.770. The Kier molecular flexibility index (Phi) is 3.69. The molecule has 16 heavy (non-hydrogen) atoms. The van der Waals surface area contributed by atoms with Gasteiger partial charge in [0.05, 0.1) is 10.9 Å². The Labute approximate surface area is 100 Å². The minimum Gasteiger partial charge on any atom is -0.309 e. The van der Waals surface area contributed by atoms with Gasteiger partial charge in [0, 0.05) is 5.56 Å². The van der Waals surface area contributed by atoms with Crippen LogP contribution in [0.25, 0.3) is 0 Å². The first-order chi connectivity index (χ1) is 7.72. The molecule has 1 N–H and O–H groups in total. The Morgan fingerprint density at radius 3 is 2.94 bits per heavy atom. The fourth-order valence-corrected chi connectivity index (χ4v) is 3.31. The smallest absolute Gasteiger partial charge is 0.254 e.